The lowest BCUT2D eigenvalue weighted by Gasteiger charge is -2.16. The highest BCUT2D eigenvalue weighted by Gasteiger charge is 2.31. The largest absolute Gasteiger partial charge is 0.344 e. The van der Waals surface area contributed by atoms with E-state index in [0.717, 1.165) is 22.8 Å². The topological polar surface area (TPSA) is 86.8 Å². The van der Waals surface area contributed by atoms with Crippen LogP contribution in [-0.4, -0.2) is 50.8 Å². The van der Waals surface area contributed by atoms with E-state index in [0.29, 0.717) is 17.1 Å². The molecule has 0 spiro atoms. The smallest absolute Gasteiger partial charge is 0.191 e. The van der Waals surface area contributed by atoms with Gasteiger partial charge in [0, 0.05) is 35.6 Å². The Morgan fingerprint density at radius 3 is 2.52 bits per heavy atom. The summed E-state index contributed by atoms with van der Waals surface area (Å²) in [4.78, 5) is 13.0. The van der Waals surface area contributed by atoms with Crippen molar-refractivity contribution >= 4 is 27.4 Å². The van der Waals surface area contributed by atoms with Crippen LogP contribution >= 0.6 is 11.8 Å². The van der Waals surface area contributed by atoms with Crippen LogP contribution in [0, 0.1) is 20.8 Å². The number of sulfone groups is 1. The highest BCUT2D eigenvalue weighted by atomic mass is 32.2. The van der Waals surface area contributed by atoms with Gasteiger partial charge in [-0.2, -0.15) is 0 Å². The standard InChI is InChI=1S/C22H26N4O3S2/c1-14-5-7-17(8-6-14)21-23-24-22(25(21)4)30-12-20(27)19-11-15(2)26(16(19)3)18-9-10-31(28,29)13-18/h5-8,11,18H,9-10,12-13H2,1-4H3/t18-/m0/s1. The SMILES string of the molecule is Cc1ccc(-c2nnc(SCC(=O)c3cc(C)n([C@H]4CCS(=O)(=O)C4)c3C)n2C)cc1. The van der Waals surface area contributed by atoms with E-state index in [2.05, 4.69) is 10.2 Å². The van der Waals surface area contributed by atoms with E-state index in [1.54, 1.807) is 0 Å². The number of aryl methyl sites for hydroxylation is 2. The summed E-state index contributed by atoms with van der Waals surface area (Å²) < 4.78 is 27.7. The first kappa shape index (κ1) is 21.8. The minimum atomic E-state index is -2.99. The maximum absolute atomic E-state index is 13.0. The Kier molecular flexibility index (Phi) is 5.83. The molecule has 0 aliphatic carbocycles. The number of benzene rings is 1. The van der Waals surface area contributed by atoms with Gasteiger partial charge in [0.2, 0.25) is 0 Å². The van der Waals surface area contributed by atoms with Gasteiger partial charge in [-0.3, -0.25) is 4.79 Å². The second-order valence-corrected chi connectivity index (χ2v) is 11.3. The third-order valence-electron chi connectivity index (χ3n) is 5.84. The number of Topliss-reactive ketones (excluding diaryl/α,β-unsaturated/α-hetero) is 1. The third kappa shape index (κ3) is 4.34. The lowest BCUT2D eigenvalue weighted by molar-refractivity contribution is 0.102. The molecule has 0 N–H and O–H groups in total. The monoisotopic (exact) mass is 458 g/mol. The molecule has 7 nitrogen and oxygen atoms in total. The molecule has 4 rings (SSSR count). The molecule has 0 amide bonds. The Balaban J connectivity index is 1.49. The van der Waals surface area contributed by atoms with Crippen LogP contribution in [0.5, 0.6) is 0 Å². The van der Waals surface area contributed by atoms with Crippen molar-refractivity contribution in [2.75, 3.05) is 17.3 Å². The molecule has 2 aromatic heterocycles. The number of aromatic nitrogens is 4. The fraction of sp³-hybridized carbons (Fsp3) is 0.409. The number of nitrogens with zero attached hydrogens (tertiary/aromatic N) is 4. The fourth-order valence-corrected chi connectivity index (χ4v) is 6.70. The summed E-state index contributed by atoms with van der Waals surface area (Å²) >= 11 is 1.36. The van der Waals surface area contributed by atoms with E-state index < -0.39 is 9.84 Å². The second kappa shape index (κ2) is 8.27. The Morgan fingerprint density at radius 2 is 1.87 bits per heavy atom. The number of hydrogen-bond donors (Lipinski definition) is 0. The summed E-state index contributed by atoms with van der Waals surface area (Å²) in [6, 6.07) is 9.87. The van der Waals surface area contributed by atoms with Crippen molar-refractivity contribution in [3.63, 3.8) is 0 Å². The lowest BCUT2D eigenvalue weighted by Crippen LogP contribution is -2.14. The van der Waals surface area contributed by atoms with Gasteiger partial charge in [-0.05, 0) is 33.3 Å². The molecule has 31 heavy (non-hydrogen) atoms. The minimum absolute atomic E-state index is 0.00471. The number of carbonyl (C=O) groups excluding carboxylic acids is 1. The molecule has 0 bridgehead atoms. The molecular formula is C22H26N4O3S2. The van der Waals surface area contributed by atoms with Crippen LogP contribution in [0.4, 0.5) is 0 Å². The molecule has 3 heterocycles. The number of rotatable bonds is 6. The van der Waals surface area contributed by atoms with Gasteiger partial charge in [0.15, 0.2) is 26.6 Å². The molecular weight excluding hydrogens is 432 g/mol. The first-order chi connectivity index (χ1) is 14.7. The highest BCUT2D eigenvalue weighted by molar-refractivity contribution is 7.99. The van der Waals surface area contributed by atoms with E-state index in [1.807, 2.05) is 67.3 Å². The van der Waals surface area contributed by atoms with E-state index in [9.17, 15) is 13.2 Å². The molecule has 0 radical (unpaired) electrons. The molecule has 1 aromatic carbocycles. The zero-order valence-corrected chi connectivity index (χ0v) is 19.8. The van der Waals surface area contributed by atoms with Crippen LogP contribution in [0.2, 0.25) is 0 Å². The third-order valence-corrected chi connectivity index (χ3v) is 8.61. The van der Waals surface area contributed by atoms with Crippen LogP contribution < -0.4 is 0 Å². The van der Waals surface area contributed by atoms with Gasteiger partial charge < -0.3 is 9.13 Å². The summed E-state index contributed by atoms with van der Waals surface area (Å²) in [5, 5.41) is 9.22. The normalized spacial score (nSPS) is 17.9. The van der Waals surface area contributed by atoms with Crippen molar-refractivity contribution in [3.8, 4) is 11.4 Å². The van der Waals surface area contributed by atoms with Crippen molar-refractivity contribution in [2.24, 2.45) is 7.05 Å². The summed E-state index contributed by atoms with van der Waals surface area (Å²) in [5.74, 6) is 1.36. The first-order valence-corrected chi connectivity index (χ1v) is 13.0. The van der Waals surface area contributed by atoms with Crippen molar-refractivity contribution in [1.29, 1.82) is 0 Å². The Bertz CT molecular complexity index is 1240. The summed E-state index contributed by atoms with van der Waals surface area (Å²) in [6.07, 6.45) is 0.599. The number of carbonyl (C=O) groups is 1. The first-order valence-electron chi connectivity index (χ1n) is 10.2. The van der Waals surface area contributed by atoms with Gasteiger partial charge in [-0.1, -0.05) is 41.6 Å². The minimum Gasteiger partial charge on any atom is -0.344 e. The highest BCUT2D eigenvalue weighted by Crippen LogP contribution is 2.30. The van der Waals surface area contributed by atoms with Crippen LogP contribution in [0.25, 0.3) is 11.4 Å². The van der Waals surface area contributed by atoms with Crippen molar-refractivity contribution in [3.05, 3.63) is 52.8 Å². The van der Waals surface area contributed by atoms with Gasteiger partial charge in [-0.25, -0.2) is 8.42 Å². The van der Waals surface area contributed by atoms with Crippen molar-refractivity contribution in [1.82, 2.24) is 19.3 Å². The van der Waals surface area contributed by atoms with Crippen LogP contribution in [0.1, 0.15) is 39.8 Å². The molecule has 164 valence electrons. The van der Waals surface area contributed by atoms with Crippen LogP contribution in [-0.2, 0) is 16.9 Å². The molecule has 1 fully saturated rings. The molecule has 1 saturated heterocycles. The number of ketones is 1. The summed E-state index contributed by atoms with van der Waals surface area (Å²) in [7, 11) is -1.09. The van der Waals surface area contributed by atoms with Gasteiger partial charge in [0.25, 0.3) is 0 Å². The Morgan fingerprint density at radius 1 is 1.16 bits per heavy atom. The molecule has 0 saturated carbocycles. The van der Waals surface area contributed by atoms with E-state index >= 15 is 0 Å². The molecule has 1 aliphatic rings. The van der Waals surface area contributed by atoms with Gasteiger partial charge in [-0.15, -0.1) is 10.2 Å². The van der Waals surface area contributed by atoms with Crippen LogP contribution in [0.3, 0.4) is 0 Å². The summed E-state index contributed by atoms with van der Waals surface area (Å²) in [5.41, 5.74) is 4.57. The zero-order chi connectivity index (χ0) is 22.3. The van der Waals surface area contributed by atoms with E-state index in [1.165, 1.54) is 17.3 Å². The van der Waals surface area contributed by atoms with Gasteiger partial charge in [0.1, 0.15) is 0 Å². The molecule has 1 atom stereocenters. The average Bonchev–Trinajstić information content (AvgIpc) is 3.35. The quantitative estimate of drug-likeness (QED) is 0.415. The zero-order valence-electron chi connectivity index (χ0n) is 18.1. The Labute approximate surface area is 186 Å². The predicted octanol–water partition coefficient (Wildman–Crippen LogP) is 3.54. The maximum Gasteiger partial charge on any atom is 0.191 e. The average molecular weight is 459 g/mol. The molecule has 0 unspecified atom stereocenters. The number of hydrogen-bond acceptors (Lipinski definition) is 6. The maximum atomic E-state index is 13.0. The van der Waals surface area contributed by atoms with Gasteiger partial charge >= 0.3 is 0 Å². The van der Waals surface area contributed by atoms with Crippen LogP contribution in [0.15, 0.2) is 35.5 Å². The fourth-order valence-electron chi connectivity index (χ4n) is 4.20. The van der Waals surface area contributed by atoms with Crippen molar-refractivity contribution < 1.29 is 13.2 Å². The molecule has 1 aliphatic heterocycles. The van der Waals surface area contributed by atoms with E-state index in [-0.39, 0.29) is 29.1 Å². The molecule has 3 aromatic rings. The van der Waals surface area contributed by atoms with E-state index in [4.69, 9.17) is 0 Å². The van der Waals surface area contributed by atoms with Crippen molar-refractivity contribution in [2.45, 2.75) is 38.4 Å². The lowest BCUT2D eigenvalue weighted by atomic mass is 10.1. The summed E-state index contributed by atoms with van der Waals surface area (Å²) in [6.45, 7) is 5.86. The molecule has 9 heteroatoms. The van der Waals surface area contributed by atoms with Gasteiger partial charge in [0.05, 0.1) is 17.3 Å². The second-order valence-electron chi connectivity index (χ2n) is 8.15. The number of thioether (sulfide) groups is 1. The predicted molar refractivity (Wildman–Crippen MR) is 122 cm³/mol. The Hall–Kier alpha value is -2.39.